The molecule has 0 bridgehead atoms. The predicted molar refractivity (Wildman–Crippen MR) is 131 cm³/mol. The van der Waals surface area contributed by atoms with E-state index in [1.165, 1.54) is 35.9 Å². The fourth-order valence-electron chi connectivity index (χ4n) is 3.62. The van der Waals surface area contributed by atoms with Gasteiger partial charge in [-0.3, -0.25) is 0 Å². The highest BCUT2D eigenvalue weighted by atomic mass is 32.2. The third-order valence-electron chi connectivity index (χ3n) is 5.09. The number of rotatable bonds is 6. The minimum absolute atomic E-state index is 0.100. The van der Waals surface area contributed by atoms with Gasteiger partial charge in [-0.1, -0.05) is 23.9 Å². The van der Waals surface area contributed by atoms with Crippen LogP contribution in [0.15, 0.2) is 34.7 Å². The number of aliphatic hydroxyl groups excluding tert-OH is 1. The maximum Gasteiger partial charge on any atom is 0.180 e. The average Bonchev–Trinajstić information content (AvgIpc) is 3.50. The van der Waals surface area contributed by atoms with Crippen molar-refractivity contribution in [1.29, 1.82) is 10.5 Å². The summed E-state index contributed by atoms with van der Waals surface area (Å²) in [6.45, 7) is 0. The van der Waals surface area contributed by atoms with Crippen LogP contribution in [0.5, 0.6) is 5.75 Å². The van der Waals surface area contributed by atoms with E-state index in [2.05, 4.69) is 22.1 Å². The Kier molecular flexibility index (Phi) is 8.50. The molecule has 0 amide bonds. The largest absolute Gasteiger partial charge is 0.490 e. The van der Waals surface area contributed by atoms with Gasteiger partial charge < -0.3 is 21.3 Å². The molecule has 1 fully saturated rings. The lowest BCUT2D eigenvalue weighted by Crippen LogP contribution is -2.10. The average molecular weight is 481 g/mol. The van der Waals surface area contributed by atoms with Crippen LogP contribution in [-0.2, 0) is 5.75 Å². The maximum absolute atomic E-state index is 9.91. The zero-order chi connectivity index (χ0) is 23.8. The van der Waals surface area contributed by atoms with Gasteiger partial charge >= 0.3 is 0 Å². The first-order valence-electron chi connectivity index (χ1n) is 10.3. The van der Waals surface area contributed by atoms with E-state index in [9.17, 15) is 10.5 Å². The number of nitrogens with zero attached hydrogens (tertiary/aromatic N) is 4. The van der Waals surface area contributed by atoms with Gasteiger partial charge in [-0.25, -0.2) is 9.97 Å². The number of thioether (sulfide) groups is 1. The van der Waals surface area contributed by atoms with Gasteiger partial charge in [0.1, 0.15) is 34.3 Å². The molecule has 1 aromatic carbocycles. The van der Waals surface area contributed by atoms with Gasteiger partial charge in [0.25, 0.3) is 0 Å². The highest BCUT2D eigenvalue weighted by Gasteiger charge is 2.21. The summed E-state index contributed by atoms with van der Waals surface area (Å²) in [5.74, 6) is 1.38. The number of anilines is 2. The number of benzene rings is 1. The van der Waals surface area contributed by atoms with E-state index in [0.717, 1.165) is 37.0 Å². The number of aromatic nitrogens is 2. The molecule has 170 valence electrons. The van der Waals surface area contributed by atoms with Crippen molar-refractivity contribution in [2.75, 3.05) is 18.6 Å². The fraction of sp³-hybridized carbons (Fsp3) is 0.304. The predicted octanol–water partition coefficient (Wildman–Crippen LogP) is 4.34. The van der Waals surface area contributed by atoms with Gasteiger partial charge in [0.2, 0.25) is 0 Å². The van der Waals surface area contributed by atoms with E-state index in [1.54, 1.807) is 0 Å². The second kappa shape index (κ2) is 11.5. The number of thiazole rings is 1. The molecule has 0 spiro atoms. The molecule has 2 aromatic heterocycles. The molecule has 0 radical (unpaired) electrons. The number of nitrogens with two attached hydrogens (primary N) is 2. The molecular weight excluding hydrogens is 456 g/mol. The van der Waals surface area contributed by atoms with Crippen molar-refractivity contribution in [1.82, 2.24) is 9.97 Å². The van der Waals surface area contributed by atoms with E-state index >= 15 is 0 Å². The van der Waals surface area contributed by atoms with Crippen LogP contribution in [0.1, 0.15) is 42.5 Å². The van der Waals surface area contributed by atoms with Crippen molar-refractivity contribution in [2.24, 2.45) is 0 Å². The van der Waals surface area contributed by atoms with Crippen LogP contribution >= 0.6 is 23.1 Å². The molecule has 3 aromatic rings. The molecule has 0 aliphatic heterocycles. The zero-order valence-electron chi connectivity index (χ0n) is 18.1. The van der Waals surface area contributed by atoms with Crippen LogP contribution < -0.4 is 16.2 Å². The third-order valence-corrected chi connectivity index (χ3v) is 6.82. The Morgan fingerprint density at radius 2 is 1.76 bits per heavy atom. The van der Waals surface area contributed by atoms with Crippen molar-refractivity contribution in [3.63, 3.8) is 0 Å². The van der Waals surface area contributed by atoms with Gasteiger partial charge in [0.05, 0.1) is 17.4 Å². The summed E-state index contributed by atoms with van der Waals surface area (Å²) in [4.78, 5) is 8.56. The smallest absolute Gasteiger partial charge is 0.180 e. The van der Waals surface area contributed by atoms with E-state index in [1.807, 2.05) is 29.6 Å². The van der Waals surface area contributed by atoms with E-state index in [4.69, 9.17) is 21.3 Å². The topological polar surface area (TPSA) is 155 Å². The molecule has 0 saturated heterocycles. The number of aliphatic hydroxyl groups is 1. The maximum atomic E-state index is 9.91. The number of pyridine rings is 1. The fourth-order valence-corrected chi connectivity index (χ4v) is 5.18. The zero-order valence-corrected chi connectivity index (χ0v) is 19.7. The Balaban J connectivity index is 0.00000149. The molecule has 5 N–H and O–H groups in total. The minimum atomic E-state index is 0.100. The van der Waals surface area contributed by atoms with Crippen molar-refractivity contribution in [2.45, 2.75) is 42.6 Å². The van der Waals surface area contributed by atoms with Crippen LogP contribution in [0.3, 0.4) is 0 Å². The summed E-state index contributed by atoms with van der Waals surface area (Å²) in [5, 5.41) is 29.4. The number of ether oxygens (including phenoxy) is 1. The van der Waals surface area contributed by atoms with E-state index in [-0.39, 0.29) is 17.5 Å². The first kappa shape index (κ1) is 24.3. The Morgan fingerprint density at radius 1 is 1.09 bits per heavy atom. The lowest BCUT2D eigenvalue weighted by molar-refractivity contribution is 0.210. The highest BCUT2D eigenvalue weighted by Crippen LogP contribution is 2.37. The van der Waals surface area contributed by atoms with Crippen LogP contribution in [0.4, 0.5) is 10.9 Å². The molecule has 1 aliphatic carbocycles. The van der Waals surface area contributed by atoms with E-state index in [0.29, 0.717) is 27.0 Å². The Labute approximate surface area is 200 Å². The molecule has 0 atom stereocenters. The Hall–Kier alpha value is -3.31. The summed E-state index contributed by atoms with van der Waals surface area (Å²) in [7, 11) is 1.00. The quantitative estimate of drug-likeness (QED) is 0.437. The molecule has 10 heteroatoms. The number of nitrogen functional groups attached to an aromatic ring is 2. The Bertz CT molecular complexity index is 1180. The number of nitriles is 2. The van der Waals surface area contributed by atoms with Gasteiger partial charge in [-0.2, -0.15) is 10.5 Å². The molecule has 8 nitrogen and oxygen atoms in total. The molecule has 0 unspecified atom stereocenters. The highest BCUT2D eigenvalue weighted by molar-refractivity contribution is 7.98. The third kappa shape index (κ3) is 5.74. The number of hydrogen-bond acceptors (Lipinski definition) is 10. The first-order valence-corrected chi connectivity index (χ1v) is 12.1. The molecule has 2 heterocycles. The molecule has 1 saturated carbocycles. The molecule has 4 rings (SSSR count). The van der Waals surface area contributed by atoms with Crippen LogP contribution in [-0.4, -0.2) is 28.3 Å². The molecule has 1 aliphatic rings. The monoisotopic (exact) mass is 480 g/mol. The molecule has 33 heavy (non-hydrogen) atoms. The SMILES string of the molecule is CO.N#Cc1c(N)nc(SCc2csc(N)n2)c(C#N)c1-c1ccc(OC2CCCC2)cc1. The van der Waals surface area contributed by atoms with Crippen molar-refractivity contribution < 1.29 is 9.84 Å². The minimum Gasteiger partial charge on any atom is -0.490 e. The standard InChI is InChI=1S/C22H20N6OS2.CH4O/c23-9-17-19(13-5-7-16(8-6-13)29-15-3-1-2-4-15)18(10-24)21(28-20(17)25)30-11-14-12-31-22(26)27-14;1-2/h5-8,12,15H,1-4,11H2,(H2,25,28)(H2,26,27);2H,1H3. The second-order valence-electron chi connectivity index (χ2n) is 7.17. The molecular formula is C23H24N6O2S2. The van der Waals surface area contributed by atoms with Crippen molar-refractivity contribution >= 4 is 34.0 Å². The Morgan fingerprint density at radius 3 is 2.33 bits per heavy atom. The van der Waals surface area contributed by atoms with Crippen molar-refractivity contribution in [3.8, 4) is 29.0 Å². The summed E-state index contributed by atoms with van der Waals surface area (Å²) >= 11 is 2.71. The summed E-state index contributed by atoms with van der Waals surface area (Å²) in [6.07, 6.45) is 4.80. The van der Waals surface area contributed by atoms with Gasteiger partial charge in [-0.05, 0) is 43.4 Å². The lowest BCUT2D eigenvalue weighted by Gasteiger charge is -2.15. The van der Waals surface area contributed by atoms with Crippen LogP contribution in [0.2, 0.25) is 0 Å². The number of hydrogen-bond donors (Lipinski definition) is 3. The van der Waals surface area contributed by atoms with E-state index < -0.39 is 0 Å². The van der Waals surface area contributed by atoms with Crippen molar-refractivity contribution in [3.05, 3.63) is 46.5 Å². The first-order chi connectivity index (χ1) is 16.1. The van der Waals surface area contributed by atoms with Crippen LogP contribution in [0, 0.1) is 22.7 Å². The van der Waals surface area contributed by atoms with Gasteiger partial charge in [0.15, 0.2) is 5.13 Å². The lowest BCUT2D eigenvalue weighted by atomic mass is 9.97. The summed E-state index contributed by atoms with van der Waals surface area (Å²) < 4.78 is 6.03. The van der Waals surface area contributed by atoms with Crippen LogP contribution in [0.25, 0.3) is 11.1 Å². The van der Waals surface area contributed by atoms with Gasteiger partial charge in [-0.15, -0.1) is 11.3 Å². The summed E-state index contributed by atoms with van der Waals surface area (Å²) in [5.41, 5.74) is 14.3. The second-order valence-corrected chi connectivity index (χ2v) is 9.02. The van der Waals surface area contributed by atoms with Gasteiger partial charge in [0, 0.05) is 23.8 Å². The summed E-state index contributed by atoms with van der Waals surface area (Å²) in [6, 6.07) is 11.8. The normalized spacial score (nSPS) is 13.0.